The van der Waals surface area contributed by atoms with Crippen molar-refractivity contribution in [3.63, 3.8) is 0 Å². The fourth-order valence-corrected chi connectivity index (χ4v) is 5.40. The summed E-state index contributed by atoms with van der Waals surface area (Å²) < 4.78 is 25.3. The van der Waals surface area contributed by atoms with Crippen LogP contribution in [0, 0.1) is 11.8 Å². The molecule has 3 aliphatic rings. The second-order valence-corrected chi connectivity index (χ2v) is 10.4. The van der Waals surface area contributed by atoms with Crippen LogP contribution in [0.5, 0.6) is 0 Å². The van der Waals surface area contributed by atoms with Crippen molar-refractivity contribution in [1.29, 1.82) is 0 Å². The normalized spacial score (nSPS) is 28.0. The summed E-state index contributed by atoms with van der Waals surface area (Å²) in [6, 6.07) is 7.49. The Labute approximate surface area is 141 Å². The van der Waals surface area contributed by atoms with Crippen LogP contribution in [0.4, 0.5) is 0 Å². The summed E-state index contributed by atoms with van der Waals surface area (Å²) in [5, 5.41) is 0. The highest BCUT2D eigenvalue weighted by Gasteiger charge is 2.34. The van der Waals surface area contributed by atoms with Gasteiger partial charge in [-0.2, -0.15) is 0 Å². The van der Waals surface area contributed by atoms with E-state index in [1.54, 1.807) is 12.1 Å². The van der Waals surface area contributed by atoms with Gasteiger partial charge in [-0.3, -0.25) is 0 Å². The summed E-state index contributed by atoms with van der Waals surface area (Å²) in [6.07, 6.45) is 3.32. The van der Waals surface area contributed by atoms with Gasteiger partial charge in [-0.15, -0.1) is 0 Å². The highest BCUT2D eigenvalue weighted by molar-refractivity contribution is 7.91. The fourth-order valence-electron chi connectivity index (χ4n) is 4.00. The van der Waals surface area contributed by atoms with E-state index in [0.29, 0.717) is 10.8 Å². The lowest BCUT2D eigenvalue weighted by Crippen LogP contribution is -2.47. The van der Waals surface area contributed by atoms with Crippen LogP contribution >= 0.6 is 0 Å². The third-order valence-electron chi connectivity index (χ3n) is 5.63. The van der Waals surface area contributed by atoms with Crippen molar-refractivity contribution in [3.8, 4) is 0 Å². The van der Waals surface area contributed by atoms with Crippen molar-refractivity contribution < 1.29 is 8.42 Å². The van der Waals surface area contributed by atoms with Crippen LogP contribution < -0.4 is 0 Å². The van der Waals surface area contributed by atoms with Crippen molar-refractivity contribution in [2.45, 2.75) is 50.3 Å². The van der Waals surface area contributed by atoms with Crippen LogP contribution in [0.2, 0.25) is 0 Å². The zero-order valence-electron chi connectivity index (χ0n) is 14.6. The molecule has 4 heteroatoms. The molecule has 23 heavy (non-hydrogen) atoms. The number of hydrogen-bond donors (Lipinski definition) is 0. The van der Waals surface area contributed by atoms with Gasteiger partial charge in [0.2, 0.25) is 0 Å². The molecule has 1 unspecified atom stereocenters. The molecule has 1 atom stereocenters. The number of piperidine rings is 3. The van der Waals surface area contributed by atoms with Gasteiger partial charge in [0.25, 0.3) is 0 Å². The van der Waals surface area contributed by atoms with Crippen LogP contribution in [-0.4, -0.2) is 38.7 Å². The van der Waals surface area contributed by atoms with Crippen LogP contribution in [0.15, 0.2) is 29.2 Å². The van der Waals surface area contributed by atoms with E-state index in [1.165, 1.54) is 31.5 Å². The fraction of sp³-hybridized carbons (Fsp3) is 0.684. The number of fused-ring (bicyclic) bond motifs is 3. The van der Waals surface area contributed by atoms with Crippen LogP contribution in [0.25, 0.3) is 0 Å². The van der Waals surface area contributed by atoms with Gasteiger partial charge in [-0.25, -0.2) is 8.42 Å². The maximum atomic E-state index is 12.6. The molecule has 2 bridgehead atoms. The van der Waals surface area contributed by atoms with Crippen molar-refractivity contribution >= 4 is 9.84 Å². The Kier molecular flexibility index (Phi) is 4.58. The first-order valence-electron chi connectivity index (χ1n) is 8.81. The summed E-state index contributed by atoms with van der Waals surface area (Å²) >= 11 is 0. The topological polar surface area (TPSA) is 37.4 Å². The highest BCUT2D eigenvalue weighted by atomic mass is 32.2. The maximum Gasteiger partial charge on any atom is 0.178 e. The monoisotopic (exact) mass is 335 g/mol. The van der Waals surface area contributed by atoms with Gasteiger partial charge in [0.15, 0.2) is 9.84 Å². The van der Waals surface area contributed by atoms with E-state index in [-0.39, 0.29) is 11.2 Å². The Hall–Kier alpha value is -0.870. The van der Waals surface area contributed by atoms with Gasteiger partial charge >= 0.3 is 0 Å². The average Bonchev–Trinajstić information content (AvgIpc) is 2.53. The molecule has 3 aliphatic heterocycles. The molecule has 0 N–H and O–H groups in total. The number of benzene rings is 1. The summed E-state index contributed by atoms with van der Waals surface area (Å²) in [6.45, 7) is 9.95. The molecular weight excluding hydrogens is 306 g/mol. The summed E-state index contributed by atoms with van der Waals surface area (Å²) in [5.41, 5.74) is 1.23. The summed E-state index contributed by atoms with van der Waals surface area (Å²) in [7, 11) is -3.16. The van der Waals surface area contributed by atoms with E-state index in [1.807, 2.05) is 12.1 Å². The molecule has 3 heterocycles. The minimum atomic E-state index is -3.16. The Balaban J connectivity index is 1.65. The lowest BCUT2D eigenvalue weighted by molar-refractivity contribution is 0.0496. The Bertz CT molecular complexity index is 635. The van der Waals surface area contributed by atoms with E-state index >= 15 is 0 Å². The second-order valence-electron chi connectivity index (χ2n) is 8.28. The first-order chi connectivity index (χ1) is 10.8. The quantitative estimate of drug-likeness (QED) is 0.845. The summed E-state index contributed by atoms with van der Waals surface area (Å²) in [4.78, 5) is 2.97. The molecule has 1 aromatic carbocycles. The minimum Gasteiger partial charge on any atom is -0.303 e. The van der Waals surface area contributed by atoms with Gasteiger partial charge in [-0.1, -0.05) is 32.9 Å². The number of hydrogen-bond acceptors (Lipinski definition) is 3. The van der Waals surface area contributed by atoms with E-state index < -0.39 is 9.84 Å². The summed E-state index contributed by atoms with van der Waals surface area (Å²) in [5.74, 6) is 1.61. The molecule has 4 rings (SSSR count). The molecule has 0 aliphatic carbocycles. The van der Waals surface area contributed by atoms with E-state index in [9.17, 15) is 8.42 Å². The van der Waals surface area contributed by atoms with Crippen LogP contribution in [0.1, 0.15) is 45.6 Å². The molecule has 3 fully saturated rings. The highest BCUT2D eigenvalue weighted by Crippen LogP contribution is 2.35. The lowest BCUT2D eigenvalue weighted by atomic mass is 9.78. The molecule has 3 saturated heterocycles. The number of nitrogens with zero attached hydrogens (tertiary/aromatic N) is 1. The van der Waals surface area contributed by atoms with Crippen molar-refractivity contribution in [1.82, 2.24) is 4.90 Å². The Morgan fingerprint density at radius 2 is 1.70 bits per heavy atom. The van der Waals surface area contributed by atoms with E-state index in [0.717, 1.165) is 18.9 Å². The van der Waals surface area contributed by atoms with Crippen LogP contribution in [0.3, 0.4) is 0 Å². The number of rotatable bonds is 4. The smallest absolute Gasteiger partial charge is 0.178 e. The zero-order chi connectivity index (χ0) is 16.7. The second kappa shape index (κ2) is 6.21. The average molecular weight is 336 g/mol. The molecule has 0 radical (unpaired) electrons. The van der Waals surface area contributed by atoms with Gasteiger partial charge in [0, 0.05) is 6.54 Å². The maximum absolute atomic E-state index is 12.6. The first kappa shape index (κ1) is 17.0. The molecule has 0 aromatic heterocycles. The molecule has 1 aromatic rings. The van der Waals surface area contributed by atoms with Gasteiger partial charge < -0.3 is 4.90 Å². The van der Waals surface area contributed by atoms with Crippen molar-refractivity contribution in [2.75, 3.05) is 25.4 Å². The standard InChI is InChI=1S/C19H29NO2S/c1-19(2,3)17-4-6-18(7-5-17)23(21,22)13-10-16-14-20-11-8-15(16)9-12-20/h4-7,15-16H,8-14H2,1-3H3. The molecule has 0 spiro atoms. The first-order valence-corrected chi connectivity index (χ1v) is 10.5. The van der Waals surface area contributed by atoms with E-state index in [4.69, 9.17) is 0 Å². The molecule has 3 nitrogen and oxygen atoms in total. The van der Waals surface area contributed by atoms with Crippen molar-refractivity contribution in [2.24, 2.45) is 11.8 Å². The minimum absolute atomic E-state index is 0.0536. The third kappa shape index (κ3) is 3.80. The van der Waals surface area contributed by atoms with Gasteiger partial charge in [0.05, 0.1) is 10.6 Å². The zero-order valence-corrected chi connectivity index (χ0v) is 15.4. The van der Waals surface area contributed by atoms with Gasteiger partial charge in [0.1, 0.15) is 0 Å². The molecule has 0 amide bonds. The number of sulfone groups is 1. The molecule has 128 valence electrons. The Morgan fingerprint density at radius 1 is 1.09 bits per heavy atom. The molecular formula is C19H29NO2S. The predicted octanol–water partition coefficient (Wildman–Crippen LogP) is 3.49. The van der Waals surface area contributed by atoms with E-state index in [2.05, 4.69) is 25.7 Å². The lowest BCUT2D eigenvalue weighted by Gasteiger charge is -2.44. The van der Waals surface area contributed by atoms with Gasteiger partial charge in [-0.05, 0) is 67.3 Å². The van der Waals surface area contributed by atoms with Crippen molar-refractivity contribution in [3.05, 3.63) is 29.8 Å². The predicted molar refractivity (Wildman–Crippen MR) is 94.5 cm³/mol. The third-order valence-corrected chi connectivity index (χ3v) is 7.39. The SMILES string of the molecule is CC(C)(C)c1ccc(S(=O)(=O)CCC2CN3CCC2CC3)cc1. The largest absolute Gasteiger partial charge is 0.303 e. The Morgan fingerprint density at radius 3 is 2.17 bits per heavy atom. The molecule has 0 saturated carbocycles. The van der Waals surface area contributed by atoms with Crippen LogP contribution in [-0.2, 0) is 15.3 Å².